The number of aromatic nitrogens is 2. The molecule has 1 aliphatic carbocycles. The summed E-state index contributed by atoms with van der Waals surface area (Å²) in [5, 5.41) is 13.7. The van der Waals surface area contributed by atoms with Gasteiger partial charge >= 0.3 is 0 Å². The zero-order valence-electron chi connectivity index (χ0n) is 9.73. The summed E-state index contributed by atoms with van der Waals surface area (Å²) in [6.45, 7) is 2.29. The molecule has 0 saturated carbocycles. The van der Waals surface area contributed by atoms with Gasteiger partial charge in [0.15, 0.2) is 0 Å². The van der Waals surface area contributed by atoms with Gasteiger partial charge in [-0.2, -0.15) is 0 Å². The van der Waals surface area contributed by atoms with Gasteiger partial charge in [0.25, 0.3) is 0 Å². The first-order chi connectivity index (χ1) is 8.25. The second kappa shape index (κ2) is 4.23. The third kappa shape index (κ3) is 1.89. The molecule has 1 aliphatic rings. The van der Waals surface area contributed by atoms with Crippen molar-refractivity contribution in [3.05, 3.63) is 16.8 Å². The molecule has 0 spiro atoms. The number of nitrogens with one attached hydrogen (secondary N) is 1. The molecule has 0 unspecified atom stereocenters. The van der Waals surface area contributed by atoms with Gasteiger partial charge in [-0.3, -0.25) is 0 Å². The molecule has 17 heavy (non-hydrogen) atoms. The normalized spacial score (nSPS) is 16.1. The van der Waals surface area contributed by atoms with E-state index >= 15 is 0 Å². The van der Waals surface area contributed by atoms with Crippen molar-refractivity contribution >= 4 is 27.4 Å². The van der Waals surface area contributed by atoms with Gasteiger partial charge in [0.05, 0.1) is 11.5 Å². The van der Waals surface area contributed by atoms with Crippen molar-refractivity contribution in [2.45, 2.75) is 32.3 Å². The molecule has 2 heterocycles. The van der Waals surface area contributed by atoms with Crippen LogP contribution in [0, 0.1) is 0 Å². The first-order valence-corrected chi connectivity index (χ1v) is 6.74. The van der Waals surface area contributed by atoms with Gasteiger partial charge in [-0.15, -0.1) is 11.3 Å². The van der Waals surface area contributed by atoms with Gasteiger partial charge in [-0.1, -0.05) is 0 Å². The number of hydrogen-bond acceptors (Lipinski definition) is 5. The van der Waals surface area contributed by atoms with Crippen LogP contribution in [-0.4, -0.2) is 27.7 Å². The average Bonchev–Trinajstić information content (AvgIpc) is 2.85. The lowest BCUT2D eigenvalue weighted by Crippen LogP contribution is -2.16. The average molecular weight is 249 g/mol. The van der Waals surface area contributed by atoms with Crippen molar-refractivity contribution in [3.8, 4) is 0 Å². The predicted octanol–water partition coefficient (Wildman–Crippen LogP) is 1.97. The topological polar surface area (TPSA) is 58.0 Å². The molecule has 2 aromatic heterocycles. The lowest BCUT2D eigenvalue weighted by atomic mass is 10.2. The van der Waals surface area contributed by atoms with Crippen LogP contribution in [0.5, 0.6) is 0 Å². The highest BCUT2D eigenvalue weighted by Gasteiger charge is 2.20. The van der Waals surface area contributed by atoms with Crippen molar-refractivity contribution in [2.75, 3.05) is 11.9 Å². The molecule has 1 atom stereocenters. The maximum atomic E-state index is 9.33. The second-order valence-electron chi connectivity index (χ2n) is 4.49. The third-order valence-electron chi connectivity index (χ3n) is 3.07. The Morgan fingerprint density at radius 3 is 3.18 bits per heavy atom. The standard InChI is InChI=1S/C12H15N3OS/c1-7(16)5-13-11-10-8-3-2-4-9(8)17-12(10)15-6-14-11/h6-7,16H,2-5H2,1H3,(H,13,14,15)/t7-/m0/s1. The monoisotopic (exact) mass is 249 g/mol. The highest BCUT2D eigenvalue weighted by Crippen LogP contribution is 2.38. The smallest absolute Gasteiger partial charge is 0.138 e. The van der Waals surface area contributed by atoms with Crippen LogP contribution >= 0.6 is 11.3 Å². The van der Waals surface area contributed by atoms with E-state index < -0.39 is 0 Å². The third-order valence-corrected chi connectivity index (χ3v) is 4.27. The molecule has 90 valence electrons. The van der Waals surface area contributed by atoms with Crippen LogP contribution in [-0.2, 0) is 12.8 Å². The summed E-state index contributed by atoms with van der Waals surface area (Å²) in [7, 11) is 0. The van der Waals surface area contributed by atoms with Crippen molar-refractivity contribution in [2.24, 2.45) is 0 Å². The summed E-state index contributed by atoms with van der Waals surface area (Å²) >= 11 is 1.78. The quantitative estimate of drug-likeness (QED) is 0.873. The first-order valence-electron chi connectivity index (χ1n) is 5.93. The molecule has 5 heteroatoms. The molecule has 0 amide bonds. The summed E-state index contributed by atoms with van der Waals surface area (Å²) in [4.78, 5) is 11.2. The van der Waals surface area contributed by atoms with Gasteiger partial charge < -0.3 is 10.4 Å². The summed E-state index contributed by atoms with van der Waals surface area (Å²) < 4.78 is 0. The van der Waals surface area contributed by atoms with E-state index in [4.69, 9.17) is 0 Å². The predicted molar refractivity (Wildman–Crippen MR) is 69.6 cm³/mol. The lowest BCUT2D eigenvalue weighted by molar-refractivity contribution is 0.208. The summed E-state index contributed by atoms with van der Waals surface area (Å²) in [6, 6.07) is 0. The van der Waals surface area contributed by atoms with Crippen LogP contribution in [0.3, 0.4) is 0 Å². The molecule has 3 rings (SSSR count). The van der Waals surface area contributed by atoms with E-state index in [1.807, 2.05) is 0 Å². The first kappa shape index (κ1) is 10.9. The highest BCUT2D eigenvalue weighted by atomic mass is 32.1. The van der Waals surface area contributed by atoms with E-state index in [1.165, 1.54) is 28.7 Å². The molecule has 0 radical (unpaired) electrons. The van der Waals surface area contributed by atoms with E-state index in [9.17, 15) is 5.11 Å². The molecule has 0 saturated heterocycles. The number of rotatable bonds is 3. The van der Waals surface area contributed by atoms with Crippen LogP contribution in [0.25, 0.3) is 10.2 Å². The molecule has 2 N–H and O–H groups in total. The number of nitrogens with zero attached hydrogens (tertiary/aromatic N) is 2. The molecular formula is C12H15N3OS. The Morgan fingerprint density at radius 1 is 1.47 bits per heavy atom. The van der Waals surface area contributed by atoms with Crippen molar-refractivity contribution in [3.63, 3.8) is 0 Å². The van der Waals surface area contributed by atoms with Gasteiger partial charge in [0, 0.05) is 11.4 Å². The number of anilines is 1. The number of aliphatic hydroxyl groups is 1. The Hall–Kier alpha value is -1.20. The molecule has 0 fully saturated rings. The van der Waals surface area contributed by atoms with Crippen LogP contribution in [0.4, 0.5) is 5.82 Å². The van der Waals surface area contributed by atoms with Gasteiger partial charge in [-0.25, -0.2) is 9.97 Å². The Morgan fingerprint density at radius 2 is 2.35 bits per heavy atom. The number of hydrogen-bond donors (Lipinski definition) is 2. The summed E-state index contributed by atoms with van der Waals surface area (Å²) in [6.07, 6.45) is 4.77. The van der Waals surface area contributed by atoms with Gasteiger partial charge in [0.1, 0.15) is 17.0 Å². The summed E-state index contributed by atoms with van der Waals surface area (Å²) in [5.74, 6) is 0.871. The maximum Gasteiger partial charge on any atom is 0.138 e. The van der Waals surface area contributed by atoms with E-state index in [0.717, 1.165) is 17.1 Å². The number of fused-ring (bicyclic) bond motifs is 3. The fraction of sp³-hybridized carbons (Fsp3) is 0.500. The molecule has 0 aliphatic heterocycles. The Bertz CT molecular complexity index is 550. The highest BCUT2D eigenvalue weighted by molar-refractivity contribution is 7.19. The maximum absolute atomic E-state index is 9.33. The molecule has 0 aromatic carbocycles. The Labute approximate surface area is 104 Å². The molecular weight excluding hydrogens is 234 g/mol. The minimum atomic E-state index is -0.369. The van der Waals surface area contributed by atoms with Crippen LogP contribution in [0.15, 0.2) is 6.33 Å². The Kier molecular flexibility index (Phi) is 2.72. The molecule has 2 aromatic rings. The number of thiophene rings is 1. The van der Waals surface area contributed by atoms with Crippen LogP contribution in [0.2, 0.25) is 0 Å². The van der Waals surface area contributed by atoms with Crippen LogP contribution < -0.4 is 5.32 Å². The van der Waals surface area contributed by atoms with Gasteiger partial charge in [-0.05, 0) is 31.7 Å². The van der Waals surface area contributed by atoms with Crippen molar-refractivity contribution < 1.29 is 5.11 Å². The zero-order valence-corrected chi connectivity index (χ0v) is 10.5. The lowest BCUT2D eigenvalue weighted by Gasteiger charge is -2.08. The van der Waals surface area contributed by atoms with Crippen molar-refractivity contribution in [1.29, 1.82) is 0 Å². The van der Waals surface area contributed by atoms with Gasteiger partial charge in [0.2, 0.25) is 0 Å². The zero-order chi connectivity index (χ0) is 11.8. The fourth-order valence-corrected chi connectivity index (χ4v) is 3.54. The van der Waals surface area contributed by atoms with E-state index in [2.05, 4.69) is 15.3 Å². The minimum absolute atomic E-state index is 0.369. The fourth-order valence-electron chi connectivity index (χ4n) is 2.31. The molecule has 0 bridgehead atoms. The second-order valence-corrected chi connectivity index (χ2v) is 5.57. The largest absolute Gasteiger partial charge is 0.392 e. The van der Waals surface area contributed by atoms with E-state index in [-0.39, 0.29) is 6.10 Å². The number of aliphatic hydroxyl groups excluding tert-OH is 1. The minimum Gasteiger partial charge on any atom is -0.392 e. The van der Waals surface area contributed by atoms with Crippen molar-refractivity contribution in [1.82, 2.24) is 9.97 Å². The van der Waals surface area contributed by atoms with Crippen LogP contribution in [0.1, 0.15) is 23.8 Å². The summed E-state index contributed by atoms with van der Waals surface area (Å²) in [5.41, 5.74) is 1.42. The molecule has 4 nitrogen and oxygen atoms in total. The van der Waals surface area contributed by atoms with E-state index in [1.54, 1.807) is 24.6 Å². The Balaban J connectivity index is 2.05. The number of aryl methyl sites for hydroxylation is 2. The van der Waals surface area contributed by atoms with E-state index in [0.29, 0.717) is 6.54 Å². The SMILES string of the molecule is C[C@H](O)CNc1ncnc2sc3c(c12)CCC3.